The molecule has 8 heteroatoms. The van der Waals surface area contributed by atoms with Gasteiger partial charge < -0.3 is 20.5 Å². The zero-order valence-electron chi connectivity index (χ0n) is 10.7. The highest BCUT2D eigenvalue weighted by molar-refractivity contribution is 9.11. The largest absolute Gasteiger partial charge is 0.494 e. The van der Waals surface area contributed by atoms with Crippen LogP contribution in [0.25, 0.3) is 0 Å². The second kappa shape index (κ2) is 8.11. The van der Waals surface area contributed by atoms with Crippen molar-refractivity contribution in [2.45, 2.75) is 6.42 Å². The lowest BCUT2D eigenvalue weighted by Crippen LogP contribution is -2.30. The highest BCUT2D eigenvalue weighted by Gasteiger charge is 2.10. The third-order valence-electron chi connectivity index (χ3n) is 2.30. The van der Waals surface area contributed by atoms with Gasteiger partial charge in [0.2, 0.25) is 5.91 Å². The highest BCUT2D eigenvalue weighted by atomic mass is 79.9. The Morgan fingerprint density at radius 2 is 1.90 bits per heavy atom. The Kier molecular flexibility index (Phi) is 6.80. The van der Waals surface area contributed by atoms with Gasteiger partial charge in [0.1, 0.15) is 12.4 Å². The van der Waals surface area contributed by atoms with Gasteiger partial charge in [-0.1, -0.05) is 0 Å². The summed E-state index contributed by atoms with van der Waals surface area (Å²) in [6.45, 7) is 0.275. The zero-order chi connectivity index (χ0) is 15.1. The molecule has 1 aromatic rings. The topological polar surface area (TPSA) is 90.7 Å². The number of amides is 2. The number of carbonyl (C=O) groups excluding carboxylic acids is 2. The lowest BCUT2D eigenvalue weighted by molar-refractivity contribution is -0.120. The Labute approximate surface area is 133 Å². The first kappa shape index (κ1) is 16.8. The van der Waals surface area contributed by atoms with E-state index in [-0.39, 0.29) is 25.5 Å². The van der Waals surface area contributed by atoms with E-state index in [2.05, 4.69) is 41.9 Å². The molecule has 0 saturated carbocycles. The molecule has 0 aliphatic carbocycles. The molecule has 0 atom stereocenters. The molecule has 0 radical (unpaired) electrons. The van der Waals surface area contributed by atoms with Crippen molar-refractivity contribution < 1.29 is 19.1 Å². The monoisotopic (exact) mass is 408 g/mol. The number of benzene rings is 1. The molecule has 0 spiro atoms. The molecule has 1 aromatic carbocycles. The van der Waals surface area contributed by atoms with E-state index in [1.807, 2.05) is 12.1 Å². The molecule has 0 bridgehead atoms. The number of methoxy groups -OCH3 is 1. The van der Waals surface area contributed by atoms with Gasteiger partial charge in [-0.2, -0.15) is 0 Å². The summed E-state index contributed by atoms with van der Waals surface area (Å²) in [6, 6.07) is 3.62. The first-order valence-electron chi connectivity index (χ1n) is 5.65. The van der Waals surface area contributed by atoms with Gasteiger partial charge in [-0.15, -0.1) is 0 Å². The van der Waals surface area contributed by atoms with E-state index >= 15 is 0 Å². The summed E-state index contributed by atoms with van der Waals surface area (Å²) in [6.07, 6.45) is -0.653. The third kappa shape index (κ3) is 5.38. The van der Waals surface area contributed by atoms with Gasteiger partial charge >= 0.3 is 6.09 Å². The second-order valence-electron chi connectivity index (χ2n) is 3.79. The van der Waals surface area contributed by atoms with E-state index < -0.39 is 6.09 Å². The summed E-state index contributed by atoms with van der Waals surface area (Å²) in [5.41, 5.74) is 5.61. The Balaban J connectivity index is 2.52. The number of hydrogen-bond donors (Lipinski definition) is 2. The maximum Gasteiger partial charge on any atom is 0.404 e. The molecule has 0 heterocycles. The molecule has 0 aliphatic rings. The van der Waals surface area contributed by atoms with E-state index in [1.54, 1.807) is 7.11 Å². The number of halogens is 2. The van der Waals surface area contributed by atoms with Crippen LogP contribution in [0.4, 0.5) is 4.79 Å². The molecular weight excluding hydrogens is 396 g/mol. The van der Waals surface area contributed by atoms with Gasteiger partial charge in [-0.05, 0) is 49.6 Å². The van der Waals surface area contributed by atoms with Crippen molar-refractivity contribution in [3.63, 3.8) is 0 Å². The zero-order valence-corrected chi connectivity index (χ0v) is 13.9. The van der Waals surface area contributed by atoms with E-state index in [9.17, 15) is 9.59 Å². The fourth-order valence-electron chi connectivity index (χ4n) is 1.50. The summed E-state index contributed by atoms with van der Waals surface area (Å²) < 4.78 is 11.2. The maximum absolute atomic E-state index is 11.7. The van der Waals surface area contributed by atoms with E-state index in [4.69, 9.17) is 10.5 Å². The molecule has 0 saturated heterocycles. The van der Waals surface area contributed by atoms with Gasteiger partial charge in [0.15, 0.2) is 0 Å². The van der Waals surface area contributed by atoms with Crippen LogP contribution in [-0.2, 0) is 16.0 Å². The number of nitrogens with one attached hydrogen (secondary N) is 1. The fourth-order valence-corrected chi connectivity index (χ4v) is 3.10. The summed E-state index contributed by atoms with van der Waals surface area (Å²) in [5, 5.41) is 2.62. The normalized spacial score (nSPS) is 9.95. The minimum atomic E-state index is -0.859. The third-order valence-corrected chi connectivity index (χ3v) is 3.47. The predicted molar refractivity (Wildman–Crippen MR) is 80.6 cm³/mol. The van der Waals surface area contributed by atoms with Crippen molar-refractivity contribution in [1.29, 1.82) is 0 Å². The van der Waals surface area contributed by atoms with Crippen molar-refractivity contribution in [3.8, 4) is 5.75 Å². The van der Waals surface area contributed by atoms with Crippen LogP contribution in [0.1, 0.15) is 5.56 Å². The Morgan fingerprint density at radius 1 is 1.30 bits per heavy atom. The van der Waals surface area contributed by atoms with Gasteiger partial charge in [-0.25, -0.2) is 4.79 Å². The van der Waals surface area contributed by atoms with Crippen molar-refractivity contribution in [2.75, 3.05) is 20.3 Å². The number of primary amides is 1. The molecule has 2 amide bonds. The summed E-state index contributed by atoms with van der Waals surface area (Å²) in [5.74, 6) is 0.492. The van der Waals surface area contributed by atoms with Crippen LogP contribution >= 0.6 is 31.9 Å². The van der Waals surface area contributed by atoms with Crippen LogP contribution in [-0.4, -0.2) is 32.3 Å². The quantitative estimate of drug-likeness (QED) is 0.702. The van der Waals surface area contributed by atoms with E-state index in [0.29, 0.717) is 5.75 Å². The first-order chi connectivity index (χ1) is 9.43. The lowest BCUT2D eigenvalue weighted by Gasteiger charge is -2.09. The number of hydrogen-bond acceptors (Lipinski definition) is 4. The fraction of sp³-hybridized carbons (Fsp3) is 0.333. The smallest absolute Gasteiger partial charge is 0.404 e. The number of carbonyl (C=O) groups is 2. The van der Waals surface area contributed by atoms with Gasteiger partial charge in [0.25, 0.3) is 0 Å². The molecule has 0 fully saturated rings. The van der Waals surface area contributed by atoms with E-state index in [0.717, 1.165) is 14.5 Å². The van der Waals surface area contributed by atoms with Crippen molar-refractivity contribution in [1.82, 2.24) is 5.32 Å². The van der Waals surface area contributed by atoms with E-state index in [1.165, 1.54) is 0 Å². The first-order valence-corrected chi connectivity index (χ1v) is 7.23. The van der Waals surface area contributed by atoms with Crippen LogP contribution in [0.3, 0.4) is 0 Å². The summed E-state index contributed by atoms with van der Waals surface area (Å²) >= 11 is 6.74. The molecule has 0 aliphatic heterocycles. The van der Waals surface area contributed by atoms with Crippen LogP contribution in [0.15, 0.2) is 21.1 Å². The van der Waals surface area contributed by atoms with Crippen molar-refractivity contribution in [2.24, 2.45) is 5.73 Å². The van der Waals surface area contributed by atoms with Gasteiger partial charge in [0, 0.05) is 0 Å². The van der Waals surface area contributed by atoms with Crippen LogP contribution in [0.2, 0.25) is 0 Å². The molecule has 0 unspecified atom stereocenters. The van der Waals surface area contributed by atoms with Gasteiger partial charge in [0.05, 0.1) is 29.0 Å². The van der Waals surface area contributed by atoms with Crippen LogP contribution < -0.4 is 15.8 Å². The lowest BCUT2D eigenvalue weighted by atomic mass is 10.1. The van der Waals surface area contributed by atoms with Crippen molar-refractivity contribution in [3.05, 3.63) is 26.6 Å². The number of rotatable bonds is 6. The molecule has 110 valence electrons. The molecule has 20 heavy (non-hydrogen) atoms. The molecule has 6 nitrogen and oxygen atoms in total. The molecular formula is C12H14Br2N2O4. The Hall–Kier alpha value is -1.28. The van der Waals surface area contributed by atoms with Crippen LogP contribution in [0, 0.1) is 0 Å². The standard InChI is InChI=1S/C12H14Br2N2O4/c1-19-11-8(13)4-7(5-9(11)14)6-10(17)16-2-3-20-12(15)18/h4-5H,2-3,6H2,1H3,(H2,15,18)(H,16,17). The molecule has 1 rings (SSSR count). The Bertz CT molecular complexity index is 485. The summed E-state index contributed by atoms with van der Waals surface area (Å²) in [4.78, 5) is 22.0. The molecule has 0 aromatic heterocycles. The maximum atomic E-state index is 11.7. The SMILES string of the molecule is COc1c(Br)cc(CC(=O)NCCOC(N)=O)cc1Br. The average Bonchev–Trinajstić information content (AvgIpc) is 2.34. The highest BCUT2D eigenvalue weighted by Crippen LogP contribution is 2.34. The number of nitrogens with two attached hydrogens (primary N) is 1. The minimum absolute atomic E-state index is 0.0527. The average molecular weight is 410 g/mol. The Morgan fingerprint density at radius 3 is 2.40 bits per heavy atom. The van der Waals surface area contributed by atoms with Crippen LogP contribution in [0.5, 0.6) is 5.75 Å². The summed E-state index contributed by atoms with van der Waals surface area (Å²) in [7, 11) is 1.57. The molecule has 3 N–H and O–H groups in total. The predicted octanol–water partition coefficient (Wildman–Crippen LogP) is 1.97. The second-order valence-corrected chi connectivity index (χ2v) is 5.50. The minimum Gasteiger partial charge on any atom is -0.494 e. The van der Waals surface area contributed by atoms with Gasteiger partial charge in [-0.3, -0.25) is 4.79 Å². The number of ether oxygens (including phenoxy) is 2. The van der Waals surface area contributed by atoms with Crippen molar-refractivity contribution >= 4 is 43.9 Å².